The van der Waals surface area contributed by atoms with Gasteiger partial charge >= 0.3 is 0 Å². The third kappa shape index (κ3) is 3.46. The monoisotopic (exact) mass is 304 g/mol. The number of ketones is 1. The Bertz CT molecular complexity index is 669. The topological polar surface area (TPSA) is 114 Å². The number of hydrazone groups is 1. The van der Waals surface area contributed by atoms with Crippen LogP contribution in [0.1, 0.15) is 25.8 Å². The second kappa shape index (κ2) is 6.33. The molecular formula is C14H16N4O4. The number of rotatable bonds is 5. The Morgan fingerprint density at radius 1 is 1.55 bits per heavy atom. The van der Waals surface area contributed by atoms with Crippen molar-refractivity contribution in [2.75, 3.05) is 11.9 Å². The first kappa shape index (κ1) is 15.6. The van der Waals surface area contributed by atoms with E-state index < -0.39 is 4.92 Å². The highest BCUT2D eigenvalue weighted by molar-refractivity contribution is 6.06. The number of Topliss-reactive ketones (excluding diaryl/α,β-unsaturated/α-hetero) is 1. The summed E-state index contributed by atoms with van der Waals surface area (Å²) < 4.78 is 0. The van der Waals surface area contributed by atoms with Gasteiger partial charge in [0, 0.05) is 24.0 Å². The van der Waals surface area contributed by atoms with E-state index in [9.17, 15) is 19.7 Å². The van der Waals surface area contributed by atoms with Gasteiger partial charge in [-0.1, -0.05) is 13.0 Å². The van der Waals surface area contributed by atoms with Gasteiger partial charge in [-0.15, -0.1) is 0 Å². The standard InChI is InChI=1S/C14H16N4O4/c1-8-5-13(20)16-17-14(8)10-3-4-11(15-7-9(2)19)12(6-10)18(21)22/h3-4,6,8,15H,5,7H2,1-2H3,(H,16,20). The first-order chi connectivity index (χ1) is 10.4. The highest BCUT2D eigenvalue weighted by Crippen LogP contribution is 2.27. The minimum Gasteiger partial charge on any atom is -0.372 e. The normalized spacial score (nSPS) is 17.5. The lowest BCUT2D eigenvalue weighted by Crippen LogP contribution is -2.32. The van der Waals surface area contributed by atoms with Gasteiger partial charge in [-0.05, 0) is 13.0 Å². The average Bonchev–Trinajstić information content (AvgIpc) is 2.45. The second-order valence-corrected chi connectivity index (χ2v) is 5.18. The summed E-state index contributed by atoms with van der Waals surface area (Å²) in [5.74, 6) is -0.416. The molecule has 1 aromatic rings. The van der Waals surface area contributed by atoms with Gasteiger partial charge in [-0.3, -0.25) is 19.7 Å². The maximum Gasteiger partial charge on any atom is 0.292 e. The molecule has 1 aromatic carbocycles. The number of nitro benzene ring substituents is 1. The fraction of sp³-hybridized carbons (Fsp3) is 0.357. The Labute approximate surface area is 126 Å². The van der Waals surface area contributed by atoms with E-state index in [4.69, 9.17) is 0 Å². The first-order valence-corrected chi connectivity index (χ1v) is 6.77. The van der Waals surface area contributed by atoms with Crippen LogP contribution in [0, 0.1) is 16.0 Å². The highest BCUT2D eigenvalue weighted by atomic mass is 16.6. The molecule has 8 nitrogen and oxygen atoms in total. The van der Waals surface area contributed by atoms with E-state index in [-0.39, 0.29) is 41.9 Å². The molecule has 1 atom stereocenters. The fourth-order valence-corrected chi connectivity index (χ4v) is 2.21. The van der Waals surface area contributed by atoms with Gasteiger partial charge in [0.15, 0.2) is 0 Å². The summed E-state index contributed by atoms with van der Waals surface area (Å²) in [6.45, 7) is 3.26. The first-order valence-electron chi connectivity index (χ1n) is 6.77. The number of nitrogens with one attached hydrogen (secondary N) is 2. The van der Waals surface area contributed by atoms with Crippen LogP contribution in [-0.2, 0) is 9.59 Å². The van der Waals surface area contributed by atoms with Gasteiger partial charge in [-0.25, -0.2) is 5.43 Å². The van der Waals surface area contributed by atoms with Crippen LogP contribution >= 0.6 is 0 Å². The number of carbonyl (C=O) groups is 2. The summed E-state index contributed by atoms with van der Waals surface area (Å²) in [7, 11) is 0. The molecule has 1 heterocycles. The molecule has 1 aliphatic rings. The summed E-state index contributed by atoms with van der Waals surface area (Å²) in [6.07, 6.45) is 0.289. The molecule has 0 bridgehead atoms. The van der Waals surface area contributed by atoms with Crippen LogP contribution in [-0.4, -0.2) is 28.9 Å². The maximum absolute atomic E-state index is 11.3. The van der Waals surface area contributed by atoms with E-state index in [1.165, 1.54) is 13.0 Å². The number of carbonyl (C=O) groups excluding carboxylic acids is 2. The molecule has 1 aliphatic heterocycles. The number of amides is 1. The quantitative estimate of drug-likeness (QED) is 0.631. The van der Waals surface area contributed by atoms with E-state index in [2.05, 4.69) is 15.8 Å². The van der Waals surface area contributed by atoms with Crippen LogP contribution < -0.4 is 10.7 Å². The summed E-state index contributed by atoms with van der Waals surface area (Å²) in [5, 5.41) is 17.9. The van der Waals surface area contributed by atoms with Crippen molar-refractivity contribution in [2.45, 2.75) is 20.3 Å². The van der Waals surface area contributed by atoms with Crippen molar-refractivity contribution in [1.29, 1.82) is 0 Å². The lowest BCUT2D eigenvalue weighted by Gasteiger charge is -2.19. The molecule has 2 N–H and O–H groups in total. The summed E-state index contributed by atoms with van der Waals surface area (Å²) >= 11 is 0. The Hall–Kier alpha value is -2.77. The molecule has 1 amide bonds. The second-order valence-electron chi connectivity index (χ2n) is 5.18. The summed E-state index contributed by atoms with van der Waals surface area (Å²) in [5.41, 5.74) is 3.70. The van der Waals surface area contributed by atoms with E-state index >= 15 is 0 Å². The molecule has 0 spiro atoms. The molecular weight excluding hydrogens is 288 g/mol. The molecule has 0 radical (unpaired) electrons. The zero-order chi connectivity index (χ0) is 16.3. The lowest BCUT2D eigenvalue weighted by atomic mass is 9.93. The molecule has 0 aliphatic carbocycles. The van der Waals surface area contributed by atoms with Crippen LogP contribution in [0.4, 0.5) is 11.4 Å². The molecule has 1 unspecified atom stereocenters. The van der Waals surface area contributed by atoms with Gasteiger partial charge in [-0.2, -0.15) is 5.10 Å². The van der Waals surface area contributed by atoms with Crippen molar-refractivity contribution >= 4 is 28.8 Å². The summed E-state index contributed by atoms with van der Waals surface area (Å²) in [6, 6.07) is 4.62. The number of benzene rings is 1. The predicted octanol–water partition coefficient (Wildman–Crippen LogP) is 1.46. The van der Waals surface area contributed by atoms with Crippen LogP contribution in [0.25, 0.3) is 0 Å². The molecule has 0 aromatic heterocycles. The summed E-state index contributed by atoms with van der Waals surface area (Å²) in [4.78, 5) is 32.9. The molecule has 116 valence electrons. The minimum atomic E-state index is -0.515. The number of nitrogens with zero attached hydrogens (tertiary/aromatic N) is 2. The van der Waals surface area contributed by atoms with Crippen LogP contribution in [0.15, 0.2) is 23.3 Å². The minimum absolute atomic E-state index is 0.0214. The fourth-order valence-electron chi connectivity index (χ4n) is 2.21. The predicted molar refractivity (Wildman–Crippen MR) is 80.7 cm³/mol. The van der Waals surface area contributed by atoms with Gasteiger partial charge in [0.05, 0.1) is 17.2 Å². The zero-order valence-electron chi connectivity index (χ0n) is 12.3. The van der Waals surface area contributed by atoms with E-state index in [0.29, 0.717) is 11.3 Å². The van der Waals surface area contributed by atoms with Crippen molar-refractivity contribution < 1.29 is 14.5 Å². The molecule has 2 rings (SSSR count). The highest BCUT2D eigenvalue weighted by Gasteiger charge is 2.24. The van der Waals surface area contributed by atoms with E-state index in [1.54, 1.807) is 12.1 Å². The molecule has 0 fully saturated rings. The van der Waals surface area contributed by atoms with Gasteiger partial charge in [0.1, 0.15) is 11.5 Å². The number of anilines is 1. The van der Waals surface area contributed by atoms with Crippen LogP contribution in [0.2, 0.25) is 0 Å². The van der Waals surface area contributed by atoms with Crippen molar-refractivity contribution in [3.63, 3.8) is 0 Å². The third-order valence-corrected chi connectivity index (χ3v) is 3.28. The van der Waals surface area contributed by atoms with Crippen molar-refractivity contribution in [1.82, 2.24) is 5.43 Å². The lowest BCUT2D eigenvalue weighted by molar-refractivity contribution is -0.384. The van der Waals surface area contributed by atoms with Crippen LogP contribution in [0.3, 0.4) is 0 Å². The maximum atomic E-state index is 11.3. The Morgan fingerprint density at radius 3 is 2.86 bits per heavy atom. The van der Waals surface area contributed by atoms with Gasteiger partial charge in [0.2, 0.25) is 5.91 Å². The van der Waals surface area contributed by atoms with Crippen molar-refractivity contribution in [3.8, 4) is 0 Å². The van der Waals surface area contributed by atoms with E-state index in [1.807, 2.05) is 6.92 Å². The Kier molecular flexibility index (Phi) is 4.50. The average molecular weight is 304 g/mol. The van der Waals surface area contributed by atoms with Crippen molar-refractivity contribution in [2.24, 2.45) is 11.0 Å². The van der Waals surface area contributed by atoms with E-state index in [0.717, 1.165) is 0 Å². The van der Waals surface area contributed by atoms with Gasteiger partial charge in [0.25, 0.3) is 5.69 Å². The Morgan fingerprint density at radius 2 is 2.27 bits per heavy atom. The largest absolute Gasteiger partial charge is 0.372 e. The molecule has 0 saturated heterocycles. The number of nitro groups is 1. The van der Waals surface area contributed by atoms with Crippen LogP contribution in [0.5, 0.6) is 0 Å². The van der Waals surface area contributed by atoms with Crippen molar-refractivity contribution in [3.05, 3.63) is 33.9 Å². The number of hydrogen-bond donors (Lipinski definition) is 2. The van der Waals surface area contributed by atoms with Gasteiger partial charge < -0.3 is 5.32 Å². The zero-order valence-corrected chi connectivity index (χ0v) is 12.3. The SMILES string of the molecule is CC(=O)CNc1ccc(C2=NNC(=O)CC2C)cc1[N+](=O)[O-]. The molecule has 8 heteroatoms. The smallest absolute Gasteiger partial charge is 0.292 e. The Balaban J connectivity index is 2.35. The molecule has 0 saturated carbocycles. The molecule has 22 heavy (non-hydrogen) atoms. The third-order valence-electron chi connectivity index (χ3n) is 3.28. The number of hydrogen-bond acceptors (Lipinski definition) is 6.